The predicted octanol–water partition coefficient (Wildman–Crippen LogP) is 14.8. The van der Waals surface area contributed by atoms with E-state index in [1.54, 1.807) is 0 Å². The molecule has 0 N–H and O–H groups in total. The molecule has 0 saturated heterocycles. The van der Waals surface area contributed by atoms with Gasteiger partial charge in [-0.05, 0) is 88.3 Å². The Morgan fingerprint density at radius 1 is 0.328 bits per heavy atom. The molecule has 0 aliphatic heterocycles. The van der Waals surface area contributed by atoms with E-state index >= 15 is 0 Å². The van der Waals surface area contributed by atoms with E-state index in [0.29, 0.717) is 0 Å². The van der Waals surface area contributed by atoms with Gasteiger partial charge in [-0.25, -0.2) is 9.97 Å². The van der Waals surface area contributed by atoms with Gasteiger partial charge in [0.1, 0.15) is 11.2 Å². The third kappa shape index (κ3) is 5.96. The molecule has 4 heteroatoms. The van der Waals surface area contributed by atoms with Crippen LogP contribution in [0.1, 0.15) is 0 Å². The Morgan fingerprint density at radius 3 is 1.52 bits per heavy atom. The third-order valence-corrected chi connectivity index (χ3v) is 11.1. The molecule has 11 rings (SSSR count). The third-order valence-electron chi connectivity index (χ3n) is 11.1. The molecule has 0 atom stereocenters. The summed E-state index contributed by atoms with van der Waals surface area (Å²) in [6.45, 7) is 0. The molecular formula is C54H35N3O. The number of nitrogens with zero attached hydrogens (tertiary/aromatic N) is 3. The first-order valence-electron chi connectivity index (χ1n) is 19.6. The van der Waals surface area contributed by atoms with Crippen molar-refractivity contribution < 1.29 is 4.42 Å². The second kappa shape index (κ2) is 14.0. The highest BCUT2D eigenvalue weighted by Gasteiger charge is 2.18. The molecule has 0 aliphatic carbocycles. The summed E-state index contributed by atoms with van der Waals surface area (Å²) in [6, 6.07) is 74.5. The molecule has 0 spiro atoms. The van der Waals surface area contributed by atoms with E-state index in [9.17, 15) is 0 Å². The Morgan fingerprint density at radius 2 is 0.845 bits per heavy atom. The second-order valence-corrected chi connectivity index (χ2v) is 14.6. The molecule has 0 saturated carbocycles. The normalized spacial score (nSPS) is 11.4. The number of rotatable bonds is 7. The smallest absolute Gasteiger partial charge is 0.135 e. The first-order valence-corrected chi connectivity index (χ1v) is 19.6. The lowest BCUT2D eigenvalue weighted by molar-refractivity contribution is 0.669. The average molecular weight is 742 g/mol. The van der Waals surface area contributed by atoms with Crippen LogP contribution in [0.15, 0.2) is 217 Å². The summed E-state index contributed by atoms with van der Waals surface area (Å²) in [5, 5.41) is 4.40. The van der Waals surface area contributed by atoms with Crippen molar-refractivity contribution in [1.82, 2.24) is 9.97 Å². The van der Waals surface area contributed by atoms with Crippen LogP contribution in [-0.4, -0.2) is 9.97 Å². The molecule has 0 amide bonds. The van der Waals surface area contributed by atoms with E-state index in [1.165, 1.54) is 11.1 Å². The van der Waals surface area contributed by atoms with Crippen LogP contribution in [0.25, 0.3) is 88.5 Å². The zero-order chi connectivity index (χ0) is 38.4. The van der Waals surface area contributed by atoms with Gasteiger partial charge in [-0.1, -0.05) is 152 Å². The van der Waals surface area contributed by atoms with Gasteiger partial charge in [0.2, 0.25) is 0 Å². The van der Waals surface area contributed by atoms with Crippen LogP contribution in [0, 0.1) is 0 Å². The summed E-state index contributed by atoms with van der Waals surface area (Å²) in [5.41, 5.74) is 15.2. The summed E-state index contributed by atoms with van der Waals surface area (Å²) in [6.07, 6.45) is 0. The van der Waals surface area contributed by atoms with E-state index < -0.39 is 0 Å². The zero-order valence-corrected chi connectivity index (χ0v) is 31.5. The van der Waals surface area contributed by atoms with Crippen molar-refractivity contribution in [2.45, 2.75) is 0 Å². The van der Waals surface area contributed by atoms with Gasteiger partial charge in [-0.3, -0.25) is 0 Å². The quantitative estimate of drug-likeness (QED) is 0.153. The molecule has 2 aromatic heterocycles. The van der Waals surface area contributed by atoms with Crippen LogP contribution < -0.4 is 4.90 Å². The lowest BCUT2D eigenvalue weighted by Crippen LogP contribution is -2.09. The van der Waals surface area contributed by atoms with E-state index in [-0.39, 0.29) is 0 Å². The largest absolute Gasteiger partial charge is 0.456 e. The number of aromatic nitrogens is 2. The monoisotopic (exact) mass is 741 g/mol. The van der Waals surface area contributed by atoms with Crippen LogP contribution in [0.5, 0.6) is 0 Å². The molecule has 0 bridgehead atoms. The van der Waals surface area contributed by atoms with Crippen LogP contribution in [0.2, 0.25) is 0 Å². The van der Waals surface area contributed by atoms with Crippen molar-refractivity contribution in [3.63, 3.8) is 0 Å². The first kappa shape index (κ1) is 33.5. The fourth-order valence-corrected chi connectivity index (χ4v) is 8.16. The van der Waals surface area contributed by atoms with Crippen molar-refractivity contribution in [1.29, 1.82) is 0 Å². The second-order valence-electron chi connectivity index (χ2n) is 14.6. The number of benzene rings is 9. The fraction of sp³-hybridized carbons (Fsp3) is 0. The first-order chi connectivity index (χ1) is 28.7. The minimum absolute atomic E-state index is 0.877. The Labute approximate surface area is 335 Å². The molecule has 0 unspecified atom stereocenters. The number of anilines is 3. The fourth-order valence-electron chi connectivity index (χ4n) is 8.16. The zero-order valence-electron chi connectivity index (χ0n) is 31.5. The maximum absolute atomic E-state index is 6.21. The molecule has 0 aliphatic rings. The van der Waals surface area contributed by atoms with E-state index in [1.807, 2.05) is 36.4 Å². The van der Waals surface area contributed by atoms with Crippen LogP contribution in [0.3, 0.4) is 0 Å². The Hall–Kier alpha value is -7.82. The highest BCUT2D eigenvalue weighted by molar-refractivity contribution is 6.08. The predicted molar refractivity (Wildman–Crippen MR) is 241 cm³/mol. The molecule has 11 aromatic rings. The van der Waals surface area contributed by atoms with Gasteiger partial charge in [0.15, 0.2) is 0 Å². The van der Waals surface area contributed by atoms with Crippen LogP contribution in [-0.2, 0) is 0 Å². The topological polar surface area (TPSA) is 42.2 Å². The summed E-state index contributed by atoms with van der Waals surface area (Å²) in [4.78, 5) is 12.8. The molecule has 58 heavy (non-hydrogen) atoms. The lowest BCUT2D eigenvalue weighted by Gasteiger charge is -2.26. The molecule has 9 aromatic carbocycles. The minimum atomic E-state index is 0.877. The minimum Gasteiger partial charge on any atom is -0.456 e. The van der Waals surface area contributed by atoms with Gasteiger partial charge in [0.05, 0.1) is 22.4 Å². The molecule has 4 nitrogen and oxygen atoms in total. The average Bonchev–Trinajstić information content (AvgIpc) is 3.68. The number of para-hydroxylation sites is 1. The Kier molecular flexibility index (Phi) is 8.11. The lowest BCUT2D eigenvalue weighted by atomic mass is 9.99. The van der Waals surface area contributed by atoms with Crippen molar-refractivity contribution in [2.75, 3.05) is 4.90 Å². The summed E-state index contributed by atoms with van der Waals surface area (Å²) < 4.78 is 6.21. The van der Waals surface area contributed by atoms with E-state index in [4.69, 9.17) is 14.4 Å². The van der Waals surface area contributed by atoms with E-state index in [2.05, 4.69) is 181 Å². The van der Waals surface area contributed by atoms with Gasteiger partial charge >= 0.3 is 0 Å². The number of furan rings is 1. The number of hydrogen-bond donors (Lipinski definition) is 0. The van der Waals surface area contributed by atoms with Crippen molar-refractivity contribution in [3.8, 4) is 44.8 Å². The summed E-state index contributed by atoms with van der Waals surface area (Å²) >= 11 is 0. The highest BCUT2D eigenvalue weighted by Crippen LogP contribution is 2.41. The van der Waals surface area contributed by atoms with Gasteiger partial charge in [-0.2, -0.15) is 0 Å². The van der Waals surface area contributed by atoms with E-state index in [0.717, 1.165) is 94.4 Å². The van der Waals surface area contributed by atoms with Gasteiger partial charge in [0.25, 0.3) is 0 Å². The summed E-state index contributed by atoms with van der Waals surface area (Å²) in [5.74, 6) is 0. The van der Waals surface area contributed by atoms with Gasteiger partial charge < -0.3 is 9.32 Å². The molecular weight excluding hydrogens is 707 g/mol. The Bertz CT molecular complexity index is 3250. The molecule has 0 fully saturated rings. The standard InChI is InChI=1S/C54H35N3O/c1-4-12-36(13-5-1)37-20-26-43(27-21-37)57(45-30-33-51-48(35-45)47-18-10-11-19-50(47)58-51)44-28-22-38(23-29-44)41-24-31-46-42(34-41)25-32-49-54(46)56-53(40-16-8-3-9-17-40)52(55-49)39-14-6-2-7-15-39/h1-35H. The maximum atomic E-state index is 6.21. The number of fused-ring (bicyclic) bond motifs is 6. The number of hydrogen-bond acceptors (Lipinski definition) is 4. The van der Waals surface area contributed by atoms with Gasteiger partial charge in [-0.15, -0.1) is 0 Å². The van der Waals surface area contributed by atoms with Gasteiger partial charge in [0, 0.05) is 44.3 Å². The SMILES string of the molecule is c1ccc(-c2ccc(N(c3ccc(-c4ccc5c(ccc6nc(-c7ccccc7)c(-c7ccccc7)nc65)c4)cc3)c3ccc4oc5ccccc5c4c3)cc2)cc1. The molecule has 272 valence electrons. The van der Waals surface area contributed by atoms with Crippen molar-refractivity contribution in [2.24, 2.45) is 0 Å². The van der Waals surface area contributed by atoms with Crippen molar-refractivity contribution in [3.05, 3.63) is 212 Å². The Balaban J connectivity index is 0.984. The van der Waals surface area contributed by atoms with Crippen LogP contribution >= 0.6 is 0 Å². The molecule has 2 heterocycles. The summed E-state index contributed by atoms with van der Waals surface area (Å²) in [7, 11) is 0. The molecule has 0 radical (unpaired) electrons. The van der Waals surface area contributed by atoms with Crippen LogP contribution in [0.4, 0.5) is 17.1 Å². The van der Waals surface area contributed by atoms with Crippen molar-refractivity contribution >= 4 is 60.8 Å². The highest BCUT2D eigenvalue weighted by atomic mass is 16.3. The maximum Gasteiger partial charge on any atom is 0.135 e.